The van der Waals surface area contributed by atoms with Crippen LogP contribution in [0.15, 0.2) is 30.3 Å². The molecule has 0 spiro atoms. The number of carbonyl (C=O) groups excluding carboxylic acids is 2. The first-order valence-corrected chi connectivity index (χ1v) is 8.55. The maximum absolute atomic E-state index is 12.3. The van der Waals surface area contributed by atoms with E-state index >= 15 is 0 Å². The Kier molecular flexibility index (Phi) is 5.00. The van der Waals surface area contributed by atoms with Gasteiger partial charge in [-0.05, 0) is 49.2 Å². The summed E-state index contributed by atoms with van der Waals surface area (Å²) in [6.07, 6.45) is -0.183. The number of nitrogens with zero attached hydrogens (tertiary/aromatic N) is 1. The largest absolute Gasteiger partial charge is 0.372 e. The standard InChI is InChI=1S/C18H17ClN4O4/c1-9-5-13-14(6-10(9)2)22-18(25)15(20-13)8-17(24)21-12-4-3-11(19)7-16(12)23(26)27/h3-7,15,20H,8H2,1-2H3,(H,21,24)(H,22,25)/t15-/m1/s1. The van der Waals surface area contributed by atoms with E-state index in [1.165, 1.54) is 12.1 Å². The number of carbonyl (C=O) groups is 2. The molecule has 140 valence electrons. The molecule has 0 unspecified atom stereocenters. The highest BCUT2D eigenvalue weighted by Crippen LogP contribution is 2.31. The van der Waals surface area contributed by atoms with Crippen LogP contribution >= 0.6 is 11.6 Å². The predicted octanol–water partition coefficient (Wildman–Crippen LogP) is 3.63. The molecule has 9 heteroatoms. The number of benzene rings is 2. The maximum Gasteiger partial charge on any atom is 0.294 e. The number of nitro benzene ring substituents is 1. The summed E-state index contributed by atoms with van der Waals surface area (Å²) in [5.74, 6) is -0.869. The lowest BCUT2D eigenvalue weighted by Gasteiger charge is -2.27. The molecule has 1 aliphatic heterocycles. The zero-order chi connectivity index (χ0) is 19.7. The average Bonchev–Trinajstić information content (AvgIpc) is 2.59. The van der Waals surface area contributed by atoms with Gasteiger partial charge in [-0.25, -0.2) is 0 Å². The Morgan fingerprint density at radius 1 is 1.22 bits per heavy atom. The predicted molar refractivity (Wildman–Crippen MR) is 103 cm³/mol. The van der Waals surface area contributed by atoms with Crippen molar-refractivity contribution < 1.29 is 14.5 Å². The summed E-state index contributed by atoms with van der Waals surface area (Å²) in [5.41, 5.74) is 3.20. The van der Waals surface area contributed by atoms with Gasteiger partial charge in [0.15, 0.2) is 0 Å². The first kappa shape index (κ1) is 18.7. The van der Waals surface area contributed by atoms with Crippen LogP contribution in [0.2, 0.25) is 5.02 Å². The molecule has 27 heavy (non-hydrogen) atoms. The molecule has 3 rings (SSSR count). The third-order valence-corrected chi connectivity index (χ3v) is 4.59. The van der Waals surface area contributed by atoms with Gasteiger partial charge in [-0.1, -0.05) is 11.6 Å². The van der Waals surface area contributed by atoms with E-state index in [2.05, 4.69) is 16.0 Å². The van der Waals surface area contributed by atoms with Gasteiger partial charge in [-0.15, -0.1) is 0 Å². The minimum Gasteiger partial charge on any atom is -0.372 e. The number of nitro groups is 1. The van der Waals surface area contributed by atoms with E-state index in [1.807, 2.05) is 26.0 Å². The number of amides is 2. The molecule has 0 aliphatic carbocycles. The first-order chi connectivity index (χ1) is 12.7. The van der Waals surface area contributed by atoms with Gasteiger partial charge in [0.1, 0.15) is 11.7 Å². The van der Waals surface area contributed by atoms with Gasteiger partial charge in [0.25, 0.3) is 5.69 Å². The Bertz CT molecular complexity index is 961. The van der Waals surface area contributed by atoms with Crippen molar-refractivity contribution in [1.82, 2.24) is 0 Å². The number of anilines is 3. The van der Waals surface area contributed by atoms with Crippen molar-refractivity contribution in [2.24, 2.45) is 0 Å². The van der Waals surface area contributed by atoms with Crippen LogP contribution in [-0.4, -0.2) is 22.8 Å². The summed E-state index contributed by atoms with van der Waals surface area (Å²) in [6, 6.07) is 6.93. The first-order valence-electron chi connectivity index (χ1n) is 8.17. The highest BCUT2D eigenvalue weighted by Gasteiger charge is 2.28. The topological polar surface area (TPSA) is 113 Å². The molecule has 0 saturated carbocycles. The van der Waals surface area contributed by atoms with Crippen molar-refractivity contribution in [2.75, 3.05) is 16.0 Å². The number of hydrogen-bond acceptors (Lipinski definition) is 5. The van der Waals surface area contributed by atoms with E-state index < -0.39 is 16.9 Å². The van der Waals surface area contributed by atoms with Crippen LogP contribution in [0.5, 0.6) is 0 Å². The van der Waals surface area contributed by atoms with Crippen molar-refractivity contribution in [3.05, 3.63) is 56.6 Å². The Labute approximate surface area is 160 Å². The zero-order valence-electron chi connectivity index (χ0n) is 14.6. The van der Waals surface area contributed by atoms with Gasteiger partial charge in [0.05, 0.1) is 22.7 Å². The Morgan fingerprint density at radius 3 is 2.56 bits per heavy atom. The molecule has 1 heterocycles. The molecule has 1 aliphatic rings. The number of hydrogen-bond donors (Lipinski definition) is 3. The van der Waals surface area contributed by atoms with Gasteiger partial charge in [0.2, 0.25) is 11.8 Å². The van der Waals surface area contributed by atoms with Crippen molar-refractivity contribution in [1.29, 1.82) is 0 Å². The van der Waals surface area contributed by atoms with Gasteiger partial charge < -0.3 is 16.0 Å². The monoisotopic (exact) mass is 388 g/mol. The van der Waals surface area contributed by atoms with Crippen LogP contribution in [0.25, 0.3) is 0 Å². The molecule has 2 aromatic carbocycles. The molecule has 2 amide bonds. The fourth-order valence-corrected chi connectivity index (χ4v) is 2.97. The summed E-state index contributed by atoms with van der Waals surface area (Å²) in [7, 11) is 0. The normalized spacial score (nSPS) is 15.4. The second kappa shape index (κ2) is 7.24. The lowest BCUT2D eigenvalue weighted by atomic mass is 10.0. The average molecular weight is 389 g/mol. The molecule has 0 saturated heterocycles. The fraction of sp³-hybridized carbons (Fsp3) is 0.222. The second-order valence-corrected chi connectivity index (χ2v) is 6.78. The number of nitrogens with one attached hydrogen (secondary N) is 3. The number of aryl methyl sites for hydroxylation is 2. The van der Waals surface area contributed by atoms with E-state index in [0.717, 1.165) is 22.9 Å². The Hall–Kier alpha value is -3.13. The number of halogens is 1. The minimum absolute atomic E-state index is 0.0255. The molecule has 0 bridgehead atoms. The highest BCUT2D eigenvalue weighted by atomic mass is 35.5. The van der Waals surface area contributed by atoms with E-state index in [1.54, 1.807) is 0 Å². The molecule has 0 fully saturated rings. The van der Waals surface area contributed by atoms with Gasteiger partial charge in [0, 0.05) is 11.1 Å². The molecule has 1 atom stereocenters. The molecule has 0 aromatic heterocycles. The van der Waals surface area contributed by atoms with E-state index in [4.69, 9.17) is 11.6 Å². The van der Waals surface area contributed by atoms with Crippen LogP contribution < -0.4 is 16.0 Å². The van der Waals surface area contributed by atoms with Crippen LogP contribution in [0.1, 0.15) is 17.5 Å². The molecule has 0 radical (unpaired) electrons. The van der Waals surface area contributed by atoms with Crippen molar-refractivity contribution in [3.63, 3.8) is 0 Å². The third-order valence-electron chi connectivity index (χ3n) is 4.36. The molecule has 3 N–H and O–H groups in total. The Morgan fingerprint density at radius 2 is 1.89 bits per heavy atom. The smallest absolute Gasteiger partial charge is 0.294 e. The molecular weight excluding hydrogens is 372 g/mol. The molecular formula is C18H17ClN4O4. The maximum atomic E-state index is 12.3. The highest BCUT2D eigenvalue weighted by molar-refractivity contribution is 6.31. The van der Waals surface area contributed by atoms with Gasteiger partial charge >= 0.3 is 0 Å². The summed E-state index contributed by atoms with van der Waals surface area (Å²) >= 11 is 5.76. The summed E-state index contributed by atoms with van der Waals surface area (Å²) < 4.78 is 0. The number of fused-ring (bicyclic) bond motifs is 1. The van der Waals surface area contributed by atoms with Crippen molar-refractivity contribution in [3.8, 4) is 0 Å². The van der Waals surface area contributed by atoms with Crippen molar-refractivity contribution >= 4 is 46.2 Å². The van der Waals surface area contributed by atoms with Crippen LogP contribution in [0.3, 0.4) is 0 Å². The second-order valence-electron chi connectivity index (χ2n) is 6.34. The lowest BCUT2D eigenvalue weighted by molar-refractivity contribution is -0.383. The van der Waals surface area contributed by atoms with Crippen LogP contribution in [0.4, 0.5) is 22.7 Å². The van der Waals surface area contributed by atoms with Gasteiger partial charge in [-0.3, -0.25) is 19.7 Å². The molecule has 8 nitrogen and oxygen atoms in total. The minimum atomic E-state index is -0.786. The van der Waals surface area contributed by atoms with Crippen LogP contribution in [-0.2, 0) is 9.59 Å². The van der Waals surface area contributed by atoms with Crippen LogP contribution in [0, 0.1) is 24.0 Å². The third kappa shape index (κ3) is 4.01. The fourth-order valence-electron chi connectivity index (χ4n) is 2.80. The quantitative estimate of drug-likeness (QED) is 0.546. The summed E-state index contributed by atoms with van der Waals surface area (Å²) in [6.45, 7) is 3.90. The number of rotatable bonds is 4. The van der Waals surface area contributed by atoms with E-state index in [9.17, 15) is 19.7 Å². The van der Waals surface area contributed by atoms with Gasteiger partial charge in [-0.2, -0.15) is 0 Å². The lowest BCUT2D eigenvalue weighted by Crippen LogP contribution is -2.41. The summed E-state index contributed by atoms with van der Waals surface area (Å²) in [5, 5.41) is 19.6. The Balaban J connectivity index is 1.74. The summed E-state index contributed by atoms with van der Waals surface area (Å²) in [4.78, 5) is 35.1. The molecule has 2 aromatic rings. The zero-order valence-corrected chi connectivity index (χ0v) is 15.4. The van der Waals surface area contributed by atoms with E-state index in [-0.39, 0.29) is 28.7 Å². The SMILES string of the molecule is Cc1cc2c(cc1C)N[C@H](CC(=O)Nc1ccc(Cl)cc1[N+](=O)[O-])C(=O)N2. The van der Waals surface area contributed by atoms with Crippen molar-refractivity contribution in [2.45, 2.75) is 26.3 Å². The van der Waals surface area contributed by atoms with E-state index in [0.29, 0.717) is 5.69 Å².